The number of hydrogen-bond acceptors (Lipinski definition) is 3. The van der Waals surface area contributed by atoms with Crippen LogP contribution < -0.4 is 10.5 Å². The number of nitrogens with zero attached hydrogens (tertiary/aromatic N) is 1. The smallest absolute Gasteiger partial charge is 0.125 e. The maximum absolute atomic E-state index is 6.45. The minimum atomic E-state index is -0.0345. The first-order valence-electron chi connectivity index (χ1n) is 7.13. The summed E-state index contributed by atoms with van der Waals surface area (Å²) in [6, 6.07) is 5.89. The molecule has 2 saturated heterocycles. The maximum Gasteiger partial charge on any atom is 0.125 e. The Bertz CT molecular complexity index is 521. The van der Waals surface area contributed by atoms with E-state index in [4.69, 9.17) is 22.1 Å². The average molecular weight is 279 g/mol. The third kappa shape index (κ3) is 1.79. The average Bonchev–Trinajstić information content (AvgIpc) is 2.81. The van der Waals surface area contributed by atoms with Crippen LogP contribution in [-0.2, 0) is 0 Å². The molecule has 1 aromatic rings. The molecule has 2 bridgehead atoms. The van der Waals surface area contributed by atoms with Crippen molar-refractivity contribution in [3.05, 3.63) is 28.8 Å². The highest BCUT2D eigenvalue weighted by Crippen LogP contribution is 2.48. The number of nitrogens with two attached hydrogens (primary N) is 1. The van der Waals surface area contributed by atoms with Crippen LogP contribution in [0.15, 0.2) is 18.2 Å². The predicted molar refractivity (Wildman–Crippen MR) is 75.5 cm³/mol. The Morgan fingerprint density at radius 2 is 2.26 bits per heavy atom. The molecule has 0 aromatic heterocycles. The van der Waals surface area contributed by atoms with Gasteiger partial charge in [-0.1, -0.05) is 11.6 Å². The molecular formula is C15H19ClN2O. The highest BCUT2D eigenvalue weighted by Gasteiger charge is 2.51. The lowest BCUT2D eigenvalue weighted by Gasteiger charge is -2.47. The first kappa shape index (κ1) is 12.0. The van der Waals surface area contributed by atoms with Gasteiger partial charge in [0, 0.05) is 48.5 Å². The molecule has 3 nitrogen and oxygen atoms in total. The Balaban J connectivity index is 1.72. The first-order valence-corrected chi connectivity index (χ1v) is 7.50. The van der Waals surface area contributed by atoms with E-state index in [1.807, 2.05) is 18.2 Å². The van der Waals surface area contributed by atoms with Gasteiger partial charge in [-0.05, 0) is 31.2 Å². The van der Waals surface area contributed by atoms with E-state index >= 15 is 0 Å². The van der Waals surface area contributed by atoms with Crippen LogP contribution in [0.2, 0.25) is 5.02 Å². The lowest BCUT2D eigenvalue weighted by Crippen LogP contribution is -2.53. The summed E-state index contributed by atoms with van der Waals surface area (Å²) >= 11 is 6.06. The van der Waals surface area contributed by atoms with Crippen LogP contribution in [-0.4, -0.2) is 30.1 Å². The van der Waals surface area contributed by atoms with E-state index in [2.05, 4.69) is 4.90 Å². The second kappa shape index (κ2) is 4.11. The Labute approximate surface area is 118 Å². The zero-order chi connectivity index (χ0) is 13.0. The van der Waals surface area contributed by atoms with E-state index in [9.17, 15) is 0 Å². The number of hydrogen-bond donors (Lipinski definition) is 1. The van der Waals surface area contributed by atoms with Crippen molar-refractivity contribution in [3.8, 4) is 5.75 Å². The minimum absolute atomic E-state index is 0.0345. The molecule has 0 saturated carbocycles. The highest BCUT2D eigenvalue weighted by molar-refractivity contribution is 6.30. The van der Waals surface area contributed by atoms with Gasteiger partial charge in [0.1, 0.15) is 11.4 Å². The van der Waals surface area contributed by atoms with Gasteiger partial charge in [-0.3, -0.25) is 0 Å². The van der Waals surface area contributed by atoms with Crippen LogP contribution in [0.5, 0.6) is 5.75 Å². The Morgan fingerprint density at radius 3 is 3.16 bits per heavy atom. The molecule has 2 fully saturated rings. The van der Waals surface area contributed by atoms with Gasteiger partial charge in [0.05, 0.1) is 0 Å². The fourth-order valence-corrected chi connectivity index (χ4v) is 4.25. The third-order valence-electron chi connectivity index (χ3n) is 5.12. The number of piperidine rings is 1. The Hall–Kier alpha value is -0.770. The summed E-state index contributed by atoms with van der Waals surface area (Å²) in [5.74, 6) is 1.58. The molecule has 102 valence electrons. The second-order valence-corrected chi connectivity index (χ2v) is 6.63. The fraction of sp³-hybridized carbons (Fsp3) is 0.600. The SMILES string of the molecule is NC1CC2(CCN3CCC2C3)Oc2ccc(Cl)cc21. The van der Waals surface area contributed by atoms with Gasteiger partial charge in [-0.25, -0.2) is 0 Å². The molecule has 3 heterocycles. The van der Waals surface area contributed by atoms with Crippen molar-refractivity contribution < 1.29 is 4.74 Å². The predicted octanol–water partition coefficient (Wildman–Crippen LogP) is 2.59. The van der Waals surface area contributed by atoms with Crippen LogP contribution in [0, 0.1) is 5.92 Å². The highest BCUT2D eigenvalue weighted by atomic mass is 35.5. The number of rotatable bonds is 0. The van der Waals surface area contributed by atoms with E-state index in [0.717, 1.165) is 35.7 Å². The van der Waals surface area contributed by atoms with Crippen LogP contribution in [0.25, 0.3) is 0 Å². The lowest BCUT2D eigenvalue weighted by molar-refractivity contribution is -0.0439. The van der Waals surface area contributed by atoms with E-state index in [1.165, 1.54) is 19.5 Å². The van der Waals surface area contributed by atoms with Gasteiger partial charge in [-0.2, -0.15) is 0 Å². The zero-order valence-electron chi connectivity index (χ0n) is 10.9. The number of ether oxygens (including phenoxy) is 1. The molecule has 4 unspecified atom stereocenters. The Morgan fingerprint density at radius 1 is 1.37 bits per heavy atom. The van der Waals surface area contributed by atoms with E-state index in [-0.39, 0.29) is 11.6 Å². The summed E-state index contributed by atoms with van der Waals surface area (Å²) in [6.07, 6.45) is 3.28. The molecule has 2 N–H and O–H groups in total. The van der Waals surface area contributed by atoms with Crippen molar-refractivity contribution in [2.45, 2.75) is 30.9 Å². The van der Waals surface area contributed by atoms with Gasteiger partial charge >= 0.3 is 0 Å². The molecule has 0 amide bonds. The molecular weight excluding hydrogens is 260 g/mol. The normalized spacial score (nSPS) is 40.0. The second-order valence-electron chi connectivity index (χ2n) is 6.20. The van der Waals surface area contributed by atoms with E-state index in [1.54, 1.807) is 0 Å². The summed E-state index contributed by atoms with van der Waals surface area (Å²) in [5.41, 5.74) is 7.43. The van der Waals surface area contributed by atoms with Crippen LogP contribution in [0.4, 0.5) is 0 Å². The summed E-state index contributed by atoms with van der Waals surface area (Å²) in [6.45, 7) is 3.54. The largest absolute Gasteiger partial charge is 0.486 e. The molecule has 1 spiro atoms. The summed E-state index contributed by atoms with van der Waals surface area (Å²) in [7, 11) is 0. The molecule has 4 rings (SSSR count). The first-order chi connectivity index (χ1) is 9.16. The molecule has 3 aliphatic rings. The topological polar surface area (TPSA) is 38.5 Å². The van der Waals surface area contributed by atoms with Crippen LogP contribution >= 0.6 is 11.6 Å². The Kier molecular flexibility index (Phi) is 2.60. The van der Waals surface area contributed by atoms with E-state index in [0.29, 0.717) is 5.92 Å². The quantitative estimate of drug-likeness (QED) is 0.793. The monoisotopic (exact) mass is 278 g/mol. The van der Waals surface area contributed by atoms with Crippen molar-refractivity contribution in [2.75, 3.05) is 19.6 Å². The van der Waals surface area contributed by atoms with Gasteiger partial charge in [0.25, 0.3) is 0 Å². The van der Waals surface area contributed by atoms with Crippen molar-refractivity contribution in [2.24, 2.45) is 11.7 Å². The lowest BCUT2D eigenvalue weighted by atomic mass is 9.75. The number of halogens is 1. The van der Waals surface area contributed by atoms with E-state index < -0.39 is 0 Å². The summed E-state index contributed by atoms with van der Waals surface area (Å²) in [5, 5.41) is 0.740. The number of benzene rings is 1. The molecule has 4 atom stereocenters. The summed E-state index contributed by atoms with van der Waals surface area (Å²) < 4.78 is 6.45. The fourth-order valence-electron chi connectivity index (χ4n) is 4.06. The van der Waals surface area contributed by atoms with Crippen molar-refractivity contribution >= 4 is 11.6 Å². The van der Waals surface area contributed by atoms with Gasteiger partial charge in [0.15, 0.2) is 0 Å². The molecule has 4 heteroatoms. The van der Waals surface area contributed by atoms with Crippen molar-refractivity contribution in [3.63, 3.8) is 0 Å². The molecule has 0 radical (unpaired) electrons. The zero-order valence-corrected chi connectivity index (χ0v) is 11.7. The van der Waals surface area contributed by atoms with Crippen molar-refractivity contribution in [1.29, 1.82) is 0 Å². The van der Waals surface area contributed by atoms with Gasteiger partial charge < -0.3 is 15.4 Å². The number of fused-ring (bicyclic) bond motifs is 4. The molecule has 3 aliphatic heterocycles. The molecule has 19 heavy (non-hydrogen) atoms. The molecule has 1 aromatic carbocycles. The standard InChI is InChI=1S/C15H19ClN2O/c16-11-1-2-14-12(7-11)13(17)8-15(19-14)4-6-18-5-3-10(15)9-18/h1-2,7,10,13H,3-6,8-9,17H2. The van der Waals surface area contributed by atoms with Crippen molar-refractivity contribution in [1.82, 2.24) is 4.90 Å². The van der Waals surface area contributed by atoms with Crippen LogP contribution in [0.3, 0.4) is 0 Å². The molecule has 0 aliphatic carbocycles. The summed E-state index contributed by atoms with van der Waals surface area (Å²) in [4.78, 5) is 2.54. The third-order valence-corrected chi connectivity index (χ3v) is 5.35. The van der Waals surface area contributed by atoms with Gasteiger partial charge in [-0.15, -0.1) is 0 Å². The minimum Gasteiger partial charge on any atom is -0.486 e. The van der Waals surface area contributed by atoms with Crippen LogP contribution in [0.1, 0.15) is 30.9 Å². The maximum atomic E-state index is 6.45. The van der Waals surface area contributed by atoms with Gasteiger partial charge in [0.2, 0.25) is 0 Å².